The number of nitrogens with zero attached hydrogens (tertiary/aromatic N) is 1. The van der Waals surface area contributed by atoms with Crippen LogP contribution in [0.15, 0.2) is 53.5 Å². The molecule has 2 aromatic rings. The molecule has 3 atom stereocenters. The van der Waals surface area contributed by atoms with Crippen molar-refractivity contribution in [2.75, 3.05) is 13.7 Å². The van der Waals surface area contributed by atoms with Crippen molar-refractivity contribution in [1.29, 1.82) is 0 Å². The normalized spacial score (nSPS) is 21.8. The van der Waals surface area contributed by atoms with Crippen molar-refractivity contribution < 1.29 is 14.3 Å². The molecule has 7 heteroatoms. The smallest absolute Gasteiger partial charge is 0.255 e. The van der Waals surface area contributed by atoms with E-state index in [1.807, 2.05) is 0 Å². The van der Waals surface area contributed by atoms with Crippen LogP contribution in [0.4, 0.5) is 0 Å². The maximum Gasteiger partial charge on any atom is 0.255 e. The van der Waals surface area contributed by atoms with Gasteiger partial charge in [0.2, 0.25) is 5.91 Å². The molecule has 1 fully saturated rings. The van der Waals surface area contributed by atoms with E-state index in [9.17, 15) is 14.4 Å². The second-order valence-electron chi connectivity index (χ2n) is 7.18. The Bertz CT molecular complexity index is 891. The van der Waals surface area contributed by atoms with Gasteiger partial charge in [-0.15, -0.1) is 0 Å². The van der Waals surface area contributed by atoms with Gasteiger partial charge in [0, 0.05) is 43.3 Å². The number of nitrogens with one attached hydrogen (secondary N) is 1. The SMILES string of the molecule is COCC1CCC(C(N)=O)C(NC(=O)c2ccc(-n3ccccc3=O)cc2)C1. The van der Waals surface area contributed by atoms with E-state index in [0.717, 1.165) is 6.42 Å². The molecule has 0 bridgehead atoms. The van der Waals surface area contributed by atoms with Crippen LogP contribution in [0.25, 0.3) is 5.69 Å². The van der Waals surface area contributed by atoms with Gasteiger partial charge in [0.25, 0.3) is 11.5 Å². The van der Waals surface area contributed by atoms with Gasteiger partial charge < -0.3 is 15.8 Å². The highest BCUT2D eigenvalue weighted by Crippen LogP contribution is 2.29. The third kappa shape index (κ3) is 4.48. The largest absolute Gasteiger partial charge is 0.384 e. The number of benzene rings is 1. The van der Waals surface area contributed by atoms with Gasteiger partial charge in [0.15, 0.2) is 0 Å². The first-order chi connectivity index (χ1) is 13.5. The third-order valence-corrected chi connectivity index (χ3v) is 5.27. The van der Waals surface area contributed by atoms with E-state index in [-0.39, 0.29) is 29.3 Å². The molecule has 0 saturated heterocycles. The summed E-state index contributed by atoms with van der Waals surface area (Å²) in [5.41, 5.74) is 6.53. The summed E-state index contributed by atoms with van der Waals surface area (Å²) < 4.78 is 6.72. The Morgan fingerprint density at radius 2 is 1.93 bits per heavy atom. The number of hydrogen-bond donors (Lipinski definition) is 2. The second kappa shape index (κ2) is 8.84. The Labute approximate surface area is 163 Å². The lowest BCUT2D eigenvalue weighted by molar-refractivity contribution is -0.124. The van der Waals surface area contributed by atoms with Crippen LogP contribution in [0.5, 0.6) is 0 Å². The Morgan fingerprint density at radius 1 is 1.18 bits per heavy atom. The van der Waals surface area contributed by atoms with Crippen LogP contribution in [0.2, 0.25) is 0 Å². The highest BCUT2D eigenvalue weighted by atomic mass is 16.5. The van der Waals surface area contributed by atoms with Crippen LogP contribution in [0, 0.1) is 11.8 Å². The lowest BCUT2D eigenvalue weighted by Gasteiger charge is -2.34. The van der Waals surface area contributed by atoms with Crippen molar-refractivity contribution in [2.45, 2.75) is 25.3 Å². The molecule has 1 aliphatic carbocycles. The number of methoxy groups -OCH3 is 1. The Hall–Kier alpha value is -2.93. The predicted octanol–water partition coefficient (Wildman–Crippen LogP) is 1.48. The molecule has 2 amide bonds. The fraction of sp³-hybridized carbons (Fsp3) is 0.381. The molecule has 3 unspecified atom stereocenters. The van der Waals surface area contributed by atoms with Crippen LogP contribution in [0.1, 0.15) is 29.6 Å². The molecule has 0 aliphatic heterocycles. The molecule has 7 nitrogen and oxygen atoms in total. The third-order valence-electron chi connectivity index (χ3n) is 5.27. The fourth-order valence-corrected chi connectivity index (χ4v) is 3.81. The summed E-state index contributed by atoms with van der Waals surface area (Å²) in [5.74, 6) is -0.737. The lowest BCUT2D eigenvalue weighted by Crippen LogP contribution is -2.49. The number of carbonyl (C=O) groups excluding carboxylic acids is 2. The molecule has 1 saturated carbocycles. The first-order valence-electron chi connectivity index (χ1n) is 9.37. The number of nitrogens with two attached hydrogens (primary N) is 1. The minimum absolute atomic E-state index is 0.143. The monoisotopic (exact) mass is 383 g/mol. The fourth-order valence-electron chi connectivity index (χ4n) is 3.81. The number of aromatic nitrogens is 1. The molecule has 3 rings (SSSR count). The number of pyridine rings is 1. The summed E-state index contributed by atoms with van der Waals surface area (Å²) in [7, 11) is 1.65. The minimum Gasteiger partial charge on any atom is -0.384 e. The van der Waals surface area contributed by atoms with Gasteiger partial charge in [-0.25, -0.2) is 0 Å². The van der Waals surface area contributed by atoms with Crippen molar-refractivity contribution in [3.05, 3.63) is 64.6 Å². The van der Waals surface area contributed by atoms with Crippen LogP contribution in [-0.4, -0.2) is 36.1 Å². The highest BCUT2D eigenvalue weighted by Gasteiger charge is 2.35. The molecule has 28 heavy (non-hydrogen) atoms. The molecule has 0 spiro atoms. The summed E-state index contributed by atoms with van der Waals surface area (Å²) >= 11 is 0. The first kappa shape index (κ1) is 19.8. The van der Waals surface area contributed by atoms with Crippen LogP contribution in [0.3, 0.4) is 0 Å². The molecule has 1 aliphatic rings. The molecule has 1 heterocycles. The zero-order valence-electron chi connectivity index (χ0n) is 15.8. The molecular formula is C21H25N3O4. The maximum atomic E-state index is 12.7. The number of rotatable bonds is 6. The highest BCUT2D eigenvalue weighted by molar-refractivity contribution is 5.95. The van der Waals surface area contributed by atoms with Gasteiger partial charge in [-0.2, -0.15) is 0 Å². The summed E-state index contributed by atoms with van der Waals surface area (Å²) in [6, 6.07) is 11.4. The zero-order chi connectivity index (χ0) is 20.1. The Balaban J connectivity index is 1.73. The number of primary amides is 1. The Morgan fingerprint density at radius 3 is 2.57 bits per heavy atom. The Kier molecular flexibility index (Phi) is 6.26. The maximum absolute atomic E-state index is 12.7. The van der Waals surface area contributed by atoms with E-state index in [2.05, 4.69) is 5.32 Å². The van der Waals surface area contributed by atoms with E-state index in [1.54, 1.807) is 49.7 Å². The molecule has 0 radical (unpaired) electrons. The molecule has 1 aromatic carbocycles. The van der Waals surface area contributed by atoms with Crippen molar-refractivity contribution in [3.8, 4) is 5.69 Å². The summed E-state index contributed by atoms with van der Waals surface area (Å²) in [6.45, 7) is 0.596. The first-order valence-corrected chi connectivity index (χ1v) is 9.37. The number of carbonyl (C=O) groups is 2. The summed E-state index contributed by atoms with van der Waals surface area (Å²) in [6.07, 6.45) is 3.83. The summed E-state index contributed by atoms with van der Waals surface area (Å²) in [4.78, 5) is 36.4. The standard InChI is InChI=1S/C21H25N3O4/c1-28-13-14-5-10-17(20(22)26)18(12-14)23-21(27)15-6-8-16(9-7-15)24-11-3-2-4-19(24)25/h2-4,6-9,11,14,17-18H,5,10,12-13H2,1H3,(H2,22,26)(H,23,27). The zero-order valence-corrected chi connectivity index (χ0v) is 15.8. The van der Waals surface area contributed by atoms with Crippen molar-refractivity contribution in [2.24, 2.45) is 17.6 Å². The van der Waals surface area contributed by atoms with E-state index >= 15 is 0 Å². The van der Waals surface area contributed by atoms with Gasteiger partial charge in [-0.3, -0.25) is 19.0 Å². The predicted molar refractivity (Wildman–Crippen MR) is 105 cm³/mol. The average molecular weight is 383 g/mol. The summed E-state index contributed by atoms with van der Waals surface area (Å²) in [5, 5.41) is 2.96. The van der Waals surface area contributed by atoms with Crippen LogP contribution in [-0.2, 0) is 9.53 Å². The van der Waals surface area contributed by atoms with Crippen LogP contribution >= 0.6 is 0 Å². The minimum atomic E-state index is -0.389. The average Bonchev–Trinajstić information content (AvgIpc) is 2.69. The quantitative estimate of drug-likeness (QED) is 0.788. The van der Waals surface area contributed by atoms with E-state index < -0.39 is 0 Å². The van der Waals surface area contributed by atoms with E-state index in [4.69, 9.17) is 10.5 Å². The number of hydrogen-bond acceptors (Lipinski definition) is 4. The van der Waals surface area contributed by atoms with Gasteiger partial charge in [-0.1, -0.05) is 6.07 Å². The molecule has 3 N–H and O–H groups in total. The lowest BCUT2D eigenvalue weighted by atomic mass is 9.78. The number of ether oxygens (including phenoxy) is 1. The van der Waals surface area contributed by atoms with Crippen molar-refractivity contribution >= 4 is 11.8 Å². The van der Waals surface area contributed by atoms with Gasteiger partial charge in [0.1, 0.15) is 0 Å². The second-order valence-corrected chi connectivity index (χ2v) is 7.18. The van der Waals surface area contributed by atoms with Crippen LogP contribution < -0.4 is 16.6 Å². The van der Waals surface area contributed by atoms with Crippen molar-refractivity contribution in [3.63, 3.8) is 0 Å². The van der Waals surface area contributed by atoms with Crippen molar-refractivity contribution in [1.82, 2.24) is 9.88 Å². The van der Waals surface area contributed by atoms with E-state index in [1.165, 1.54) is 10.6 Å². The van der Waals surface area contributed by atoms with E-state index in [0.29, 0.717) is 36.6 Å². The molecule has 148 valence electrons. The van der Waals surface area contributed by atoms with Gasteiger partial charge >= 0.3 is 0 Å². The molecular weight excluding hydrogens is 358 g/mol. The topological polar surface area (TPSA) is 103 Å². The molecule has 1 aromatic heterocycles. The van der Waals surface area contributed by atoms with Gasteiger partial charge in [0.05, 0.1) is 5.92 Å². The van der Waals surface area contributed by atoms with Gasteiger partial charge in [-0.05, 0) is 55.5 Å². The number of amides is 2.